The van der Waals surface area contributed by atoms with Gasteiger partial charge in [0.25, 0.3) is 0 Å². The monoisotopic (exact) mass is 446 g/mol. The molecule has 7 aliphatic rings. The van der Waals surface area contributed by atoms with Crippen LogP contribution in [0.3, 0.4) is 0 Å². The van der Waals surface area contributed by atoms with Crippen LogP contribution in [0.25, 0.3) is 0 Å². The van der Waals surface area contributed by atoms with Crippen molar-refractivity contribution in [1.29, 1.82) is 0 Å². The van der Waals surface area contributed by atoms with Crippen LogP contribution in [0.4, 0.5) is 0 Å². The molecule has 34 heavy (non-hydrogen) atoms. The topological polar surface area (TPSA) is 59.7 Å². The third-order valence-electron chi connectivity index (χ3n) is 10.4. The van der Waals surface area contributed by atoms with Crippen molar-refractivity contribution in [1.82, 2.24) is 9.97 Å². The molecule has 5 nitrogen and oxygen atoms in total. The van der Waals surface area contributed by atoms with Crippen molar-refractivity contribution in [3.63, 3.8) is 0 Å². The maximum Gasteiger partial charge on any atom is 0.133 e. The summed E-state index contributed by atoms with van der Waals surface area (Å²) in [6.07, 6.45) is 7.86. The second-order valence-corrected chi connectivity index (χ2v) is 11.3. The lowest BCUT2D eigenvalue weighted by atomic mass is 9.42. The SMILES string of the molecule is c1ccc([C@@]23N=N[C@@](c4ccccn4)([C@H]4[C@@H]5CC[C@@H](C5)[C@H]42)[C@H]2[C@@H]3[C@H]3O[C@@H]2c2ccccc23)nc1. The Morgan fingerprint density at radius 2 is 1.12 bits per heavy atom. The molecule has 0 spiro atoms. The van der Waals surface area contributed by atoms with Crippen LogP contribution in [0.15, 0.2) is 83.3 Å². The zero-order valence-electron chi connectivity index (χ0n) is 18.9. The van der Waals surface area contributed by atoms with Gasteiger partial charge in [0.2, 0.25) is 0 Å². The maximum absolute atomic E-state index is 6.94. The van der Waals surface area contributed by atoms with Gasteiger partial charge in [0, 0.05) is 36.1 Å². The molecule has 3 aromatic rings. The van der Waals surface area contributed by atoms with E-state index in [9.17, 15) is 0 Å². The Balaban J connectivity index is 1.39. The maximum atomic E-state index is 6.94. The van der Waals surface area contributed by atoms with E-state index in [4.69, 9.17) is 24.9 Å². The normalized spacial score (nSPS) is 45.9. The third kappa shape index (κ3) is 1.83. The van der Waals surface area contributed by atoms with E-state index in [0.717, 1.165) is 11.4 Å². The molecule has 10 atom stereocenters. The molecule has 1 saturated heterocycles. The first-order valence-electron chi connectivity index (χ1n) is 12.9. The van der Waals surface area contributed by atoms with Crippen molar-refractivity contribution in [2.75, 3.05) is 0 Å². The fourth-order valence-corrected chi connectivity index (χ4v) is 9.69. The average molecular weight is 447 g/mol. The van der Waals surface area contributed by atoms with E-state index in [2.05, 4.69) is 48.5 Å². The van der Waals surface area contributed by atoms with Crippen LogP contribution >= 0.6 is 0 Å². The van der Waals surface area contributed by atoms with Crippen molar-refractivity contribution < 1.29 is 4.74 Å². The first-order valence-corrected chi connectivity index (χ1v) is 12.9. The Bertz CT molecular complexity index is 1240. The highest BCUT2D eigenvalue weighted by atomic mass is 16.5. The standard InChI is InChI=1S/C29H26N4O/c1-2-8-19-18(7-1)26-24-25(27(19)34-26)29(21-10-4-6-14-31-21)23-17-12-11-16(15-17)22(23)28(24,32-33-29)20-9-3-5-13-30-20/h1-10,13-14,16-17,22-27H,11-12,15H2/t16-,17+,22+,23-,24+,25-,26-,27+,28+,29-. The van der Waals surface area contributed by atoms with E-state index in [1.165, 1.54) is 30.4 Å². The van der Waals surface area contributed by atoms with Crippen molar-refractivity contribution in [2.45, 2.75) is 42.5 Å². The van der Waals surface area contributed by atoms with E-state index in [1.54, 1.807) is 0 Å². The molecule has 6 bridgehead atoms. The summed E-state index contributed by atoms with van der Waals surface area (Å²) in [5, 5.41) is 10.8. The predicted octanol–water partition coefficient (Wildman–Crippen LogP) is 5.77. The van der Waals surface area contributed by atoms with Crippen molar-refractivity contribution in [3.05, 3.63) is 95.6 Å². The number of pyridine rings is 2. The zero-order chi connectivity index (χ0) is 22.1. The van der Waals surface area contributed by atoms with Crippen LogP contribution in [-0.4, -0.2) is 9.97 Å². The Labute approximate surface area is 198 Å². The molecule has 0 amide bonds. The predicted molar refractivity (Wildman–Crippen MR) is 124 cm³/mol. The summed E-state index contributed by atoms with van der Waals surface area (Å²) in [6, 6.07) is 21.5. The molecule has 10 rings (SSSR count). The number of nitrogens with zero attached hydrogens (tertiary/aromatic N) is 4. The molecular weight excluding hydrogens is 420 g/mol. The van der Waals surface area contributed by atoms with E-state index >= 15 is 0 Å². The number of azo groups is 1. The Hall–Kier alpha value is -2.92. The summed E-state index contributed by atoms with van der Waals surface area (Å²) in [4.78, 5) is 9.97. The van der Waals surface area contributed by atoms with Crippen molar-refractivity contribution >= 4 is 0 Å². The van der Waals surface area contributed by atoms with Gasteiger partial charge >= 0.3 is 0 Å². The second-order valence-electron chi connectivity index (χ2n) is 11.3. The molecule has 0 N–H and O–H groups in total. The number of hydrogen-bond acceptors (Lipinski definition) is 5. The molecule has 2 aromatic heterocycles. The smallest absolute Gasteiger partial charge is 0.133 e. The number of rotatable bonds is 2. The quantitative estimate of drug-likeness (QED) is 0.502. The first kappa shape index (κ1) is 18.4. The summed E-state index contributed by atoms with van der Waals surface area (Å²) < 4.78 is 6.94. The zero-order valence-corrected chi connectivity index (χ0v) is 18.9. The lowest BCUT2D eigenvalue weighted by Crippen LogP contribution is -2.67. The molecule has 3 aliphatic carbocycles. The van der Waals surface area contributed by atoms with Gasteiger partial charge in [-0.05, 0) is 66.5 Å². The van der Waals surface area contributed by atoms with Gasteiger partial charge in [-0.3, -0.25) is 9.97 Å². The molecular formula is C29H26N4O. The van der Waals surface area contributed by atoms with Crippen LogP contribution < -0.4 is 0 Å². The second kappa shape index (κ2) is 6.01. The van der Waals surface area contributed by atoms with Gasteiger partial charge in [-0.15, -0.1) is 0 Å². The summed E-state index contributed by atoms with van der Waals surface area (Å²) in [5.74, 6) is 2.68. The largest absolute Gasteiger partial charge is 0.365 e. The first-order chi connectivity index (χ1) is 16.8. The number of aromatic nitrogens is 2. The van der Waals surface area contributed by atoms with Gasteiger partial charge < -0.3 is 4.74 Å². The highest BCUT2D eigenvalue weighted by Gasteiger charge is 2.81. The van der Waals surface area contributed by atoms with Gasteiger partial charge in [-0.25, -0.2) is 0 Å². The van der Waals surface area contributed by atoms with E-state index in [0.29, 0.717) is 23.7 Å². The van der Waals surface area contributed by atoms with Crippen molar-refractivity contribution in [2.24, 2.45) is 45.7 Å². The molecule has 0 radical (unpaired) electrons. The summed E-state index contributed by atoms with van der Waals surface area (Å²) in [7, 11) is 0. The molecule has 1 aromatic carbocycles. The van der Waals surface area contributed by atoms with Gasteiger partial charge in [0.15, 0.2) is 0 Å². The highest BCUT2D eigenvalue weighted by molar-refractivity contribution is 5.47. The molecule has 0 unspecified atom stereocenters. The number of fused-ring (bicyclic) bond motifs is 7. The number of benzene rings is 1. The Kier molecular flexibility index (Phi) is 3.25. The summed E-state index contributed by atoms with van der Waals surface area (Å²) >= 11 is 0. The third-order valence-corrected chi connectivity index (χ3v) is 10.4. The van der Waals surface area contributed by atoms with Crippen LogP contribution in [0.5, 0.6) is 0 Å². The van der Waals surface area contributed by atoms with Crippen LogP contribution in [-0.2, 0) is 15.8 Å². The number of hydrogen-bond donors (Lipinski definition) is 0. The van der Waals surface area contributed by atoms with Crippen molar-refractivity contribution in [3.8, 4) is 0 Å². The fourth-order valence-electron chi connectivity index (χ4n) is 9.69. The van der Waals surface area contributed by atoms with Gasteiger partial charge in [0.05, 0.1) is 23.6 Å². The minimum Gasteiger partial charge on any atom is -0.365 e. The fraction of sp³-hybridized carbons (Fsp3) is 0.448. The summed E-state index contributed by atoms with van der Waals surface area (Å²) in [6.45, 7) is 0. The Morgan fingerprint density at radius 3 is 1.59 bits per heavy atom. The minimum atomic E-state index is -0.417. The van der Waals surface area contributed by atoms with E-state index in [-0.39, 0.29) is 24.0 Å². The minimum absolute atomic E-state index is 0.0376. The molecule has 4 aliphatic heterocycles. The lowest BCUT2D eigenvalue weighted by molar-refractivity contribution is -0.125. The van der Waals surface area contributed by atoms with Gasteiger partial charge in [0.1, 0.15) is 11.1 Å². The lowest BCUT2D eigenvalue weighted by Gasteiger charge is -2.64. The van der Waals surface area contributed by atoms with E-state index in [1.807, 2.05) is 24.5 Å². The van der Waals surface area contributed by atoms with Crippen LogP contribution in [0.1, 0.15) is 54.0 Å². The molecule has 168 valence electrons. The van der Waals surface area contributed by atoms with E-state index < -0.39 is 11.1 Å². The van der Waals surface area contributed by atoms with Crippen LogP contribution in [0.2, 0.25) is 0 Å². The summed E-state index contributed by atoms with van der Waals surface area (Å²) in [5.41, 5.74) is 4.06. The average Bonchev–Trinajstić information content (AvgIpc) is 3.71. The molecule has 4 fully saturated rings. The van der Waals surface area contributed by atoms with Gasteiger partial charge in [-0.1, -0.05) is 36.4 Å². The van der Waals surface area contributed by atoms with Crippen LogP contribution in [0, 0.1) is 35.5 Å². The highest BCUT2D eigenvalue weighted by Crippen LogP contribution is 2.81. The van der Waals surface area contributed by atoms with Gasteiger partial charge in [-0.2, -0.15) is 10.2 Å². The molecule has 6 heterocycles. The molecule has 5 heteroatoms. The number of ether oxygens (including phenoxy) is 1. The Morgan fingerprint density at radius 1 is 0.618 bits per heavy atom. The molecule has 3 saturated carbocycles.